The molecule has 6 heteroatoms. The molecule has 0 radical (unpaired) electrons. The normalized spacial score (nSPS) is 22.8. The molecule has 1 aromatic heterocycles. The summed E-state index contributed by atoms with van der Waals surface area (Å²) in [5.41, 5.74) is 1.02. The van der Waals surface area contributed by atoms with E-state index in [1.165, 1.54) is 0 Å². The van der Waals surface area contributed by atoms with E-state index in [9.17, 15) is 4.79 Å². The van der Waals surface area contributed by atoms with Crippen LogP contribution in [-0.4, -0.2) is 37.3 Å². The van der Waals surface area contributed by atoms with Gasteiger partial charge in [0.1, 0.15) is 29.9 Å². The summed E-state index contributed by atoms with van der Waals surface area (Å²) in [4.78, 5) is 14.6. The smallest absolute Gasteiger partial charge is 0.318 e. The molecule has 6 nitrogen and oxygen atoms in total. The number of rotatable bonds is 2. The van der Waals surface area contributed by atoms with Crippen molar-refractivity contribution in [3.8, 4) is 5.75 Å². The van der Waals surface area contributed by atoms with Crippen molar-refractivity contribution in [1.82, 2.24) is 10.2 Å². The average Bonchev–Trinajstić information content (AvgIpc) is 3.22. The molecule has 2 aliphatic heterocycles. The number of nitrogens with one attached hydrogen (secondary N) is 1. The summed E-state index contributed by atoms with van der Waals surface area (Å²) >= 11 is 0. The predicted molar refractivity (Wildman–Crippen MR) is 86.9 cm³/mol. The summed E-state index contributed by atoms with van der Waals surface area (Å²) in [5.74, 6) is 2.42. The number of hydrogen-bond donors (Lipinski definition) is 1. The molecule has 2 aromatic rings. The van der Waals surface area contributed by atoms with Gasteiger partial charge in [-0.25, -0.2) is 4.79 Å². The van der Waals surface area contributed by atoms with Crippen LogP contribution < -0.4 is 10.1 Å². The molecule has 1 aromatic carbocycles. The molecule has 24 heavy (non-hydrogen) atoms. The van der Waals surface area contributed by atoms with Crippen LogP contribution in [0.3, 0.4) is 0 Å². The molecular formula is C18H20N2O4. The Balaban J connectivity index is 1.50. The fourth-order valence-electron chi connectivity index (χ4n) is 3.23. The third-order valence-electron chi connectivity index (χ3n) is 4.48. The molecule has 0 unspecified atom stereocenters. The Morgan fingerprint density at radius 3 is 2.92 bits per heavy atom. The van der Waals surface area contributed by atoms with Crippen LogP contribution in [0.1, 0.15) is 29.2 Å². The van der Waals surface area contributed by atoms with Crippen LogP contribution in [0.15, 0.2) is 40.8 Å². The molecule has 1 saturated heterocycles. The van der Waals surface area contributed by atoms with Gasteiger partial charge in [0.15, 0.2) is 0 Å². The molecule has 1 N–H and O–H groups in total. The van der Waals surface area contributed by atoms with Crippen LogP contribution in [0.4, 0.5) is 4.79 Å². The number of fused-ring (bicyclic) bond motifs is 1. The van der Waals surface area contributed by atoms with E-state index in [0.29, 0.717) is 26.4 Å². The Kier molecular flexibility index (Phi) is 3.90. The molecule has 0 saturated carbocycles. The summed E-state index contributed by atoms with van der Waals surface area (Å²) in [5, 5.41) is 3.08. The topological polar surface area (TPSA) is 63.9 Å². The lowest BCUT2D eigenvalue weighted by Gasteiger charge is -2.35. The summed E-state index contributed by atoms with van der Waals surface area (Å²) < 4.78 is 16.9. The van der Waals surface area contributed by atoms with Gasteiger partial charge in [0, 0.05) is 12.1 Å². The zero-order valence-electron chi connectivity index (χ0n) is 13.5. The minimum Gasteiger partial charge on any atom is -0.491 e. The number of morpholine rings is 1. The lowest BCUT2D eigenvalue weighted by Crippen LogP contribution is -2.49. The number of aryl methyl sites for hydroxylation is 1. The average molecular weight is 328 g/mol. The number of carbonyl (C=O) groups excluding carboxylic acids is 1. The van der Waals surface area contributed by atoms with Gasteiger partial charge >= 0.3 is 6.03 Å². The van der Waals surface area contributed by atoms with Crippen LogP contribution >= 0.6 is 0 Å². The Morgan fingerprint density at radius 1 is 1.21 bits per heavy atom. The second-order valence-electron chi connectivity index (χ2n) is 6.08. The standard InChI is InChI=1S/C18H20N2O4/c1-12-6-7-17(24-12)15-11-22-9-8-20(15)18(21)19-14-10-23-16-5-3-2-4-13(14)16/h2-7,14-15H,8-11H2,1H3,(H,19,21)/t14-,15+/m1/s1. The van der Waals surface area contributed by atoms with E-state index in [2.05, 4.69) is 5.32 Å². The van der Waals surface area contributed by atoms with Crippen molar-refractivity contribution in [3.05, 3.63) is 53.5 Å². The third-order valence-corrected chi connectivity index (χ3v) is 4.48. The summed E-state index contributed by atoms with van der Waals surface area (Å²) in [6.45, 7) is 3.86. The van der Waals surface area contributed by atoms with Crippen molar-refractivity contribution in [1.29, 1.82) is 0 Å². The largest absolute Gasteiger partial charge is 0.491 e. The van der Waals surface area contributed by atoms with E-state index >= 15 is 0 Å². The second-order valence-corrected chi connectivity index (χ2v) is 6.08. The number of carbonyl (C=O) groups is 1. The fraction of sp³-hybridized carbons (Fsp3) is 0.389. The number of furan rings is 1. The Labute approximate surface area is 140 Å². The van der Waals surface area contributed by atoms with Crippen molar-refractivity contribution in [2.24, 2.45) is 0 Å². The first-order valence-corrected chi connectivity index (χ1v) is 8.15. The maximum absolute atomic E-state index is 12.8. The van der Waals surface area contributed by atoms with E-state index in [0.717, 1.165) is 22.8 Å². The predicted octanol–water partition coefficient (Wildman–Crippen LogP) is 2.80. The van der Waals surface area contributed by atoms with E-state index < -0.39 is 0 Å². The zero-order valence-corrected chi connectivity index (χ0v) is 13.5. The summed E-state index contributed by atoms with van der Waals surface area (Å²) in [6.07, 6.45) is 0. The minimum atomic E-state index is -0.204. The number of nitrogens with zero attached hydrogens (tertiary/aromatic N) is 1. The molecule has 2 amide bonds. The van der Waals surface area contributed by atoms with E-state index in [4.69, 9.17) is 13.9 Å². The molecule has 0 aliphatic carbocycles. The van der Waals surface area contributed by atoms with Crippen LogP contribution in [0.2, 0.25) is 0 Å². The lowest BCUT2D eigenvalue weighted by molar-refractivity contribution is 0.00335. The highest BCUT2D eigenvalue weighted by Crippen LogP contribution is 2.32. The zero-order chi connectivity index (χ0) is 16.5. The van der Waals surface area contributed by atoms with Crippen molar-refractivity contribution in [2.75, 3.05) is 26.4 Å². The van der Waals surface area contributed by atoms with Crippen molar-refractivity contribution in [2.45, 2.75) is 19.0 Å². The fourth-order valence-corrected chi connectivity index (χ4v) is 3.23. The van der Waals surface area contributed by atoms with E-state index in [1.807, 2.05) is 43.3 Å². The minimum absolute atomic E-state index is 0.123. The number of para-hydroxylation sites is 1. The summed E-state index contributed by atoms with van der Waals surface area (Å²) in [6, 6.07) is 11.1. The Hall–Kier alpha value is -2.47. The molecule has 126 valence electrons. The monoisotopic (exact) mass is 328 g/mol. The van der Waals surface area contributed by atoms with Gasteiger partial charge in [0.25, 0.3) is 0 Å². The maximum atomic E-state index is 12.8. The number of benzene rings is 1. The van der Waals surface area contributed by atoms with Crippen molar-refractivity contribution >= 4 is 6.03 Å². The number of amides is 2. The first kappa shape index (κ1) is 15.1. The summed E-state index contributed by atoms with van der Waals surface area (Å²) in [7, 11) is 0. The van der Waals surface area contributed by atoms with Crippen LogP contribution in [0, 0.1) is 6.92 Å². The van der Waals surface area contributed by atoms with Crippen LogP contribution in [0.25, 0.3) is 0 Å². The first-order chi connectivity index (χ1) is 11.7. The second kappa shape index (κ2) is 6.20. The molecular weight excluding hydrogens is 308 g/mol. The molecule has 0 bridgehead atoms. The van der Waals surface area contributed by atoms with Crippen molar-refractivity contribution < 1.29 is 18.7 Å². The van der Waals surface area contributed by atoms with E-state index in [1.54, 1.807) is 4.90 Å². The van der Waals surface area contributed by atoms with Gasteiger partial charge in [0.2, 0.25) is 0 Å². The molecule has 2 atom stereocenters. The Bertz CT molecular complexity index is 742. The third kappa shape index (κ3) is 2.73. The highest BCUT2D eigenvalue weighted by Gasteiger charge is 2.33. The van der Waals surface area contributed by atoms with Crippen LogP contribution in [-0.2, 0) is 4.74 Å². The van der Waals surface area contributed by atoms with Crippen molar-refractivity contribution in [3.63, 3.8) is 0 Å². The highest BCUT2D eigenvalue weighted by atomic mass is 16.5. The van der Waals surface area contributed by atoms with Gasteiger partial charge < -0.3 is 24.1 Å². The van der Waals surface area contributed by atoms with Gasteiger partial charge in [-0.15, -0.1) is 0 Å². The highest BCUT2D eigenvalue weighted by molar-refractivity contribution is 5.75. The van der Waals surface area contributed by atoms with E-state index in [-0.39, 0.29) is 18.1 Å². The molecule has 1 fully saturated rings. The van der Waals surface area contributed by atoms with Gasteiger partial charge in [-0.1, -0.05) is 18.2 Å². The quantitative estimate of drug-likeness (QED) is 0.921. The molecule has 3 heterocycles. The molecule has 0 spiro atoms. The lowest BCUT2D eigenvalue weighted by atomic mass is 10.1. The maximum Gasteiger partial charge on any atom is 0.318 e. The molecule has 2 aliphatic rings. The van der Waals surface area contributed by atoms with Gasteiger partial charge in [0.05, 0.1) is 19.3 Å². The number of ether oxygens (including phenoxy) is 2. The van der Waals surface area contributed by atoms with Gasteiger partial charge in [-0.2, -0.15) is 0 Å². The van der Waals surface area contributed by atoms with Gasteiger partial charge in [-0.3, -0.25) is 0 Å². The van der Waals surface area contributed by atoms with Crippen LogP contribution in [0.5, 0.6) is 5.75 Å². The number of hydrogen-bond acceptors (Lipinski definition) is 4. The molecule has 4 rings (SSSR count). The van der Waals surface area contributed by atoms with Gasteiger partial charge in [-0.05, 0) is 25.1 Å². The SMILES string of the molecule is Cc1ccc([C@@H]2COCCN2C(=O)N[C@@H]2COc3ccccc32)o1. The Morgan fingerprint density at radius 2 is 2.08 bits per heavy atom. The number of urea groups is 1. The first-order valence-electron chi connectivity index (χ1n) is 8.15.